The van der Waals surface area contributed by atoms with E-state index in [0.717, 1.165) is 12.8 Å². The molecule has 0 atom stereocenters. The molecular formula is C21H30N4O4. The third kappa shape index (κ3) is 7.26. The number of aromatic nitrogens is 4. The molecule has 2 aromatic heterocycles. The molecule has 0 spiro atoms. The van der Waals surface area contributed by atoms with Crippen molar-refractivity contribution in [1.82, 2.24) is 19.5 Å². The van der Waals surface area contributed by atoms with Crippen LogP contribution in [0.3, 0.4) is 0 Å². The predicted molar refractivity (Wildman–Crippen MR) is 112 cm³/mol. The number of imidazole rings is 1. The molecule has 0 aliphatic heterocycles. The number of nitrogens with one attached hydrogen (secondary N) is 2. The lowest BCUT2D eigenvalue weighted by Gasteiger charge is -1.99. The highest BCUT2D eigenvalue weighted by molar-refractivity contribution is 5.71. The van der Waals surface area contributed by atoms with E-state index in [-0.39, 0.29) is 36.6 Å². The van der Waals surface area contributed by atoms with Crippen molar-refractivity contribution in [2.45, 2.75) is 71.1 Å². The van der Waals surface area contributed by atoms with Crippen LogP contribution in [0.4, 0.5) is 0 Å². The summed E-state index contributed by atoms with van der Waals surface area (Å²) in [4.78, 5) is 44.5. The van der Waals surface area contributed by atoms with Gasteiger partial charge in [0.2, 0.25) is 0 Å². The van der Waals surface area contributed by atoms with Crippen LogP contribution in [0.25, 0.3) is 11.2 Å². The normalized spacial score (nSPS) is 10.7. The molecule has 0 fully saturated rings. The van der Waals surface area contributed by atoms with Crippen LogP contribution in [0.5, 0.6) is 0 Å². The number of unbranched alkanes of at least 4 members (excludes halogenated alkanes) is 7. The Hall–Kier alpha value is -2.82. The van der Waals surface area contributed by atoms with Crippen LogP contribution in [-0.2, 0) is 23.0 Å². The Morgan fingerprint density at radius 3 is 2.55 bits per heavy atom. The van der Waals surface area contributed by atoms with Crippen LogP contribution in [0.1, 0.15) is 70.5 Å². The van der Waals surface area contributed by atoms with E-state index in [2.05, 4.69) is 33.7 Å². The van der Waals surface area contributed by atoms with Gasteiger partial charge in [0.25, 0.3) is 5.56 Å². The average Bonchev–Trinajstić information content (AvgIpc) is 3.14. The molecule has 158 valence electrons. The summed E-state index contributed by atoms with van der Waals surface area (Å²) in [7, 11) is 1.52. The standard InChI is InChI=1S/C21H30N4O4/c1-3-4-5-6-7-8-9-10-11-12-15-29-17(26)14-13-16-22-18-19(23-16)25(2)21(28)24-20(18)27/h3-10,13-15H2,1-2H3,(H,22,23)(H,24,27,28). The topological polar surface area (TPSA) is 110 Å². The van der Waals surface area contributed by atoms with E-state index < -0.39 is 11.2 Å². The number of rotatable bonds is 11. The van der Waals surface area contributed by atoms with Gasteiger partial charge >= 0.3 is 11.7 Å². The fraction of sp³-hybridized carbons (Fsp3) is 0.619. The second-order valence-electron chi connectivity index (χ2n) is 7.09. The Morgan fingerprint density at radius 2 is 1.79 bits per heavy atom. The van der Waals surface area contributed by atoms with Crippen LogP contribution in [0.2, 0.25) is 0 Å². The zero-order valence-electron chi connectivity index (χ0n) is 17.3. The molecule has 0 aromatic carbocycles. The summed E-state index contributed by atoms with van der Waals surface area (Å²) in [5.74, 6) is 5.98. The quantitative estimate of drug-likeness (QED) is 0.341. The third-order valence-electron chi connectivity index (χ3n) is 4.71. The van der Waals surface area contributed by atoms with Crippen molar-refractivity contribution in [2.24, 2.45) is 7.05 Å². The minimum absolute atomic E-state index is 0.0869. The van der Waals surface area contributed by atoms with Crippen molar-refractivity contribution in [3.8, 4) is 11.8 Å². The van der Waals surface area contributed by atoms with Gasteiger partial charge in [0.1, 0.15) is 11.3 Å². The fourth-order valence-electron chi connectivity index (χ4n) is 2.99. The maximum absolute atomic E-state index is 11.8. The average molecular weight is 402 g/mol. The lowest BCUT2D eigenvalue weighted by Crippen LogP contribution is -2.28. The summed E-state index contributed by atoms with van der Waals surface area (Å²) in [6.07, 6.45) is 9.98. The number of fused-ring (bicyclic) bond motifs is 1. The van der Waals surface area contributed by atoms with E-state index in [1.807, 2.05) is 0 Å². The second-order valence-corrected chi connectivity index (χ2v) is 7.09. The largest absolute Gasteiger partial charge is 0.452 e. The Bertz CT molecular complexity index is 974. The van der Waals surface area contributed by atoms with Gasteiger partial charge in [0.05, 0.1) is 6.42 Å². The van der Waals surface area contributed by atoms with Gasteiger partial charge in [0, 0.05) is 19.9 Å². The van der Waals surface area contributed by atoms with Crippen LogP contribution < -0.4 is 11.2 Å². The number of aromatic amines is 2. The van der Waals surface area contributed by atoms with E-state index in [1.54, 1.807) is 0 Å². The van der Waals surface area contributed by atoms with Crippen molar-refractivity contribution >= 4 is 17.1 Å². The van der Waals surface area contributed by atoms with Gasteiger partial charge in [-0.05, 0) is 6.42 Å². The summed E-state index contributed by atoms with van der Waals surface area (Å²) in [6.45, 7) is 2.30. The van der Waals surface area contributed by atoms with Gasteiger partial charge in [-0.15, -0.1) is 0 Å². The van der Waals surface area contributed by atoms with Gasteiger partial charge in [-0.2, -0.15) is 0 Å². The van der Waals surface area contributed by atoms with Crippen LogP contribution in [0.15, 0.2) is 9.59 Å². The van der Waals surface area contributed by atoms with E-state index >= 15 is 0 Å². The number of H-pyrrole nitrogens is 2. The van der Waals surface area contributed by atoms with E-state index in [1.165, 1.54) is 50.1 Å². The molecule has 29 heavy (non-hydrogen) atoms. The van der Waals surface area contributed by atoms with Crippen molar-refractivity contribution in [2.75, 3.05) is 6.61 Å². The number of esters is 1. The summed E-state index contributed by atoms with van der Waals surface area (Å²) in [6, 6.07) is 0. The van der Waals surface area contributed by atoms with E-state index in [4.69, 9.17) is 4.74 Å². The minimum Gasteiger partial charge on any atom is -0.452 e. The van der Waals surface area contributed by atoms with Gasteiger partial charge in [-0.3, -0.25) is 19.1 Å². The van der Waals surface area contributed by atoms with Gasteiger partial charge in [-0.25, -0.2) is 9.78 Å². The zero-order valence-corrected chi connectivity index (χ0v) is 17.3. The Balaban J connectivity index is 1.65. The SMILES string of the molecule is CCCCCCCCCC#CCOC(=O)CCc1nc2c([nH]1)c(=O)[nH]c(=O)n2C. The molecule has 2 rings (SSSR count). The smallest absolute Gasteiger partial charge is 0.329 e. The van der Waals surface area contributed by atoms with Gasteiger partial charge < -0.3 is 9.72 Å². The summed E-state index contributed by atoms with van der Waals surface area (Å²) in [5.41, 5.74) is -0.583. The van der Waals surface area contributed by atoms with Gasteiger partial charge in [-0.1, -0.05) is 57.3 Å². The number of hydrogen-bond acceptors (Lipinski definition) is 5. The molecule has 8 heteroatoms. The third-order valence-corrected chi connectivity index (χ3v) is 4.71. The number of carbonyl (C=O) groups excluding carboxylic acids is 1. The fourth-order valence-corrected chi connectivity index (χ4v) is 2.99. The molecule has 2 aromatic rings. The maximum Gasteiger partial charge on any atom is 0.329 e. The summed E-state index contributed by atoms with van der Waals surface area (Å²) < 4.78 is 6.34. The van der Waals surface area contributed by atoms with Crippen molar-refractivity contribution in [1.29, 1.82) is 0 Å². The first-order valence-electron chi connectivity index (χ1n) is 10.3. The number of aryl methyl sites for hydroxylation is 2. The molecule has 0 aliphatic rings. The molecule has 2 N–H and O–H groups in total. The first kappa shape index (κ1) is 22.5. The van der Waals surface area contributed by atoms with E-state index in [0.29, 0.717) is 5.82 Å². The molecule has 8 nitrogen and oxygen atoms in total. The molecule has 0 saturated carbocycles. The van der Waals surface area contributed by atoms with Gasteiger partial charge in [0.15, 0.2) is 12.3 Å². The van der Waals surface area contributed by atoms with Crippen molar-refractivity contribution in [3.63, 3.8) is 0 Å². The number of carbonyl (C=O) groups is 1. The number of nitrogens with zero attached hydrogens (tertiary/aromatic N) is 2. The lowest BCUT2D eigenvalue weighted by molar-refractivity contribution is -0.142. The predicted octanol–water partition coefficient (Wildman–Crippen LogP) is 2.57. The van der Waals surface area contributed by atoms with Crippen molar-refractivity contribution < 1.29 is 9.53 Å². The molecule has 0 radical (unpaired) electrons. The van der Waals surface area contributed by atoms with Crippen LogP contribution in [0, 0.1) is 11.8 Å². The Labute approximate surface area is 170 Å². The Morgan fingerprint density at radius 1 is 1.07 bits per heavy atom. The van der Waals surface area contributed by atoms with Crippen LogP contribution >= 0.6 is 0 Å². The first-order chi connectivity index (χ1) is 14.0. The molecule has 0 aliphatic carbocycles. The molecule has 0 bridgehead atoms. The zero-order chi connectivity index (χ0) is 21.1. The number of hydrogen-bond donors (Lipinski definition) is 2. The summed E-state index contributed by atoms with van der Waals surface area (Å²) >= 11 is 0. The molecular weight excluding hydrogens is 372 g/mol. The molecule has 0 saturated heterocycles. The van der Waals surface area contributed by atoms with Crippen molar-refractivity contribution in [3.05, 3.63) is 26.7 Å². The monoisotopic (exact) mass is 402 g/mol. The van der Waals surface area contributed by atoms with Crippen LogP contribution in [-0.4, -0.2) is 32.1 Å². The lowest BCUT2D eigenvalue weighted by atomic mass is 10.1. The first-order valence-corrected chi connectivity index (χ1v) is 10.3. The molecule has 0 unspecified atom stereocenters. The highest BCUT2D eigenvalue weighted by atomic mass is 16.5. The van der Waals surface area contributed by atoms with E-state index in [9.17, 15) is 14.4 Å². The molecule has 2 heterocycles. The maximum atomic E-state index is 11.8. The highest BCUT2D eigenvalue weighted by Crippen LogP contribution is 2.08. The Kier molecular flexibility index (Phi) is 9.22. The second kappa shape index (κ2) is 11.9. The number of ether oxygens (including phenoxy) is 1. The highest BCUT2D eigenvalue weighted by Gasteiger charge is 2.12. The molecule has 0 amide bonds. The summed E-state index contributed by atoms with van der Waals surface area (Å²) in [5, 5.41) is 0. The minimum atomic E-state index is -0.532.